The Bertz CT molecular complexity index is 619. The van der Waals surface area contributed by atoms with E-state index in [0.717, 1.165) is 22.7 Å². The summed E-state index contributed by atoms with van der Waals surface area (Å²) in [6, 6.07) is 10.9. The smallest absolute Gasteiger partial charge is 0.250 e. The lowest BCUT2D eigenvalue weighted by Crippen LogP contribution is -2.20. The maximum atomic E-state index is 11.6. The number of hydrogen-bond acceptors (Lipinski definition) is 2. The summed E-state index contributed by atoms with van der Waals surface area (Å²) >= 11 is 3.41. The van der Waals surface area contributed by atoms with Gasteiger partial charge < -0.3 is 4.57 Å². The van der Waals surface area contributed by atoms with Gasteiger partial charge in [0.1, 0.15) is 0 Å². The normalized spacial score (nSPS) is 10.3. The SMILES string of the molecule is O=Cc1ccc(=O)n(CCc2cccc(Br)c2)c1. The van der Waals surface area contributed by atoms with Crippen LogP contribution < -0.4 is 5.56 Å². The van der Waals surface area contributed by atoms with Gasteiger partial charge in [-0.1, -0.05) is 28.1 Å². The highest BCUT2D eigenvalue weighted by Gasteiger charge is 1.99. The first kappa shape index (κ1) is 12.8. The van der Waals surface area contributed by atoms with Crippen molar-refractivity contribution in [2.75, 3.05) is 0 Å². The third-order valence-electron chi connectivity index (χ3n) is 2.67. The van der Waals surface area contributed by atoms with Crippen LogP contribution in [-0.2, 0) is 13.0 Å². The first-order valence-corrected chi connectivity index (χ1v) is 6.38. The molecule has 0 unspecified atom stereocenters. The molecule has 0 atom stereocenters. The molecule has 18 heavy (non-hydrogen) atoms. The summed E-state index contributed by atoms with van der Waals surface area (Å²) in [5, 5.41) is 0. The van der Waals surface area contributed by atoms with E-state index in [9.17, 15) is 9.59 Å². The van der Waals surface area contributed by atoms with Gasteiger partial charge >= 0.3 is 0 Å². The highest BCUT2D eigenvalue weighted by Crippen LogP contribution is 2.12. The predicted molar refractivity (Wildman–Crippen MR) is 73.9 cm³/mol. The van der Waals surface area contributed by atoms with Gasteiger partial charge in [-0.25, -0.2) is 0 Å². The third-order valence-corrected chi connectivity index (χ3v) is 3.17. The van der Waals surface area contributed by atoms with Gasteiger partial charge in [0.2, 0.25) is 0 Å². The summed E-state index contributed by atoms with van der Waals surface area (Å²) in [4.78, 5) is 22.3. The van der Waals surface area contributed by atoms with Gasteiger partial charge in [-0.15, -0.1) is 0 Å². The van der Waals surface area contributed by atoms with Crippen molar-refractivity contribution in [3.05, 3.63) is 68.5 Å². The van der Waals surface area contributed by atoms with E-state index >= 15 is 0 Å². The molecule has 0 saturated carbocycles. The molecule has 0 amide bonds. The molecule has 1 aromatic heterocycles. The van der Waals surface area contributed by atoms with Crippen molar-refractivity contribution in [1.82, 2.24) is 4.57 Å². The minimum absolute atomic E-state index is 0.0874. The standard InChI is InChI=1S/C14H12BrNO2/c15-13-3-1-2-11(8-13)6-7-16-9-12(10-17)4-5-14(16)18/h1-5,8-10H,6-7H2. The van der Waals surface area contributed by atoms with Crippen molar-refractivity contribution in [3.63, 3.8) is 0 Å². The van der Waals surface area contributed by atoms with Crippen molar-refractivity contribution < 1.29 is 4.79 Å². The van der Waals surface area contributed by atoms with Gasteiger partial charge in [0.15, 0.2) is 6.29 Å². The van der Waals surface area contributed by atoms with E-state index in [1.54, 1.807) is 10.8 Å². The lowest BCUT2D eigenvalue weighted by molar-refractivity contribution is 0.112. The fraction of sp³-hybridized carbons (Fsp3) is 0.143. The number of carbonyl (C=O) groups is 1. The Labute approximate surface area is 113 Å². The van der Waals surface area contributed by atoms with Crippen LogP contribution in [0.5, 0.6) is 0 Å². The van der Waals surface area contributed by atoms with E-state index in [0.29, 0.717) is 12.1 Å². The minimum Gasteiger partial charge on any atom is -0.314 e. The van der Waals surface area contributed by atoms with E-state index in [2.05, 4.69) is 15.9 Å². The van der Waals surface area contributed by atoms with Crippen molar-refractivity contribution in [2.24, 2.45) is 0 Å². The summed E-state index contributed by atoms with van der Waals surface area (Å²) < 4.78 is 2.58. The molecule has 0 saturated heterocycles. The largest absolute Gasteiger partial charge is 0.314 e. The van der Waals surface area contributed by atoms with Gasteiger partial charge in [0.25, 0.3) is 5.56 Å². The number of benzene rings is 1. The van der Waals surface area contributed by atoms with Crippen molar-refractivity contribution in [1.29, 1.82) is 0 Å². The number of carbonyl (C=O) groups excluding carboxylic acids is 1. The molecule has 4 heteroatoms. The molecule has 0 N–H and O–H groups in total. The van der Waals surface area contributed by atoms with E-state index in [1.807, 2.05) is 24.3 Å². The van der Waals surface area contributed by atoms with Crippen LogP contribution in [0.25, 0.3) is 0 Å². The Morgan fingerprint density at radius 1 is 1.22 bits per heavy atom. The topological polar surface area (TPSA) is 39.1 Å². The fourth-order valence-electron chi connectivity index (χ4n) is 1.74. The zero-order chi connectivity index (χ0) is 13.0. The first-order valence-electron chi connectivity index (χ1n) is 5.59. The number of aryl methyl sites for hydroxylation is 2. The van der Waals surface area contributed by atoms with Crippen LogP contribution in [0.4, 0.5) is 0 Å². The van der Waals surface area contributed by atoms with Gasteiger partial charge in [-0.3, -0.25) is 9.59 Å². The monoisotopic (exact) mass is 305 g/mol. The number of aromatic nitrogens is 1. The van der Waals surface area contributed by atoms with Crippen LogP contribution in [0, 0.1) is 0 Å². The molecule has 0 fully saturated rings. The van der Waals surface area contributed by atoms with E-state index in [4.69, 9.17) is 0 Å². The molecule has 0 bridgehead atoms. The van der Waals surface area contributed by atoms with Crippen molar-refractivity contribution in [3.8, 4) is 0 Å². The molecule has 0 spiro atoms. The van der Waals surface area contributed by atoms with Crippen molar-refractivity contribution >= 4 is 22.2 Å². The second-order valence-electron chi connectivity index (χ2n) is 3.99. The molecule has 2 rings (SSSR count). The quantitative estimate of drug-likeness (QED) is 0.815. The third kappa shape index (κ3) is 3.17. The summed E-state index contributed by atoms with van der Waals surface area (Å²) in [6.45, 7) is 0.566. The maximum absolute atomic E-state index is 11.6. The van der Waals surface area contributed by atoms with Crippen LogP contribution in [0.1, 0.15) is 15.9 Å². The molecule has 0 radical (unpaired) electrons. The van der Waals surface area contributed by atoms with Crippen LogP contribution in [0.15, 0.2) is 51.9 Å². The molecule has 0 aliphatic heterocycles. The minimum atomic E-state index is -0.0874. The highest BCUT2D eigenvalue weighted by atomic mass is 79.9. The Kier molecular flexibility index (Phi) is 4.10. The van der Waals surface area contributed by atoms with E-state index in [1.165, 1.54) is 12.1 Å². The van der Waals surface area contributed by atoms with Crippen LogP contribution >= 0.6 is 15.9 Å². The van der Waals surface area contributed by atoms with Crippen LogP contribution in [0.3, 0.4) is 0 Å². The molecule has 92 valence electrons. The number of pyridine rings is 1. The van der Waals surface area contributed by atoms with Gasteiger partial charge in [-0.05, 0) is 30.2 Å². The lowest BCUT2D eigenvalue weighted by Gasteiger charge is -2.06. The molecular weight excluding hydrogens is 294 g/mol. The molecule has 0 aliphatic rings. The maximum Gasteiger partial charge on any atom is 0.250 e. The predicted octanol–water partition coefficient (Wildman–Crippen LogP) is 2.67. The molecule has 2 aromatic rings. The molecule has 1 heterocycles. The highest BCUT2D eigenvalue weighted by molar-refractivity contribution is 9.10. The Morgan fingerprint density at radius 3 is 2.78 bits per heavy atom. The molecule has 3 nitrogen and oxygen atoms in total. The summed E-state index contributed by atoms with van der Waals surface area (Å²) in [6.07, 6.45) is 3.09. The summed E-state index contributed by atoms with van der Waals surface area (Å²) in [5.74, 6) is 0. The summed E-state index contributed by atoms with van der Waals surface area (Å²) in [5.41, 5.74) is 1.58. The van der Waals surface area contributed by atoms with E-state index < -0.39 is 0 Å². The molecule has 0 aliphatic carbocycles. The zero-order valence-electron chi connectivity index (χ0n) is 9.67. The van der Waals surface area contributed by atoms with E-state index in [-0.39, 0.29) is 5.56 Å². The second kappa shape index (κ2) is 5.78. The number of aldehydes is 1. The van der Waals surface area contributed by atoms with Crippen LogP contribution in [0.2, 0.25) is 0 Å². The number of nitrogens with zero attached hydrogens (tertiary/aromatic N) is 1. The zero-order valence-corrected chi connectivity index (χ0v) is 11.3. The average molecular weight is 306 g/mol. The van der Waals surface area contributed by atoms with Gasteiger partial charge in [-0.2, -0.15) is 0 Å². The molecular formula is C14H12BrNO2. The number of halogens is 1. The number of rotatable bonds is 4. The second-order valence-corrected chi connectivity index (χ2v) is 4.91. The molecule has 1 aromatic carbocycles. The Morgan fingerprint density at radius 2 is 2.06 bits per heavy atom. The Hall–Kier alpha value is -1.68. The lowest BCUT2D eigenvalue weighted by atomic mass is 10.1. The van der Waals surface area contributed by atoms with Crippen LogP contribution in [-0.4, -0.2) is 10.9 Å². The van der Waals surface area contributed by atoms with Crippen molar-refractivity contribution in [2.45, 2.75) is 13.0 Å². The Balaban J connectivity index is 2.15. The average Bonchev–Trinajstić information content (AvgIpc) is 2.38. The number of hydrogen-bond donors (Lipinski definition) is 0. The van der Waals surface area contributed by atoms with Gasteiger partial charge in [0.05, 0.1) is 0 Å². The summed E-state index contributed by atoms with van der Waals surface area (Å²) in [7, 11) is 0. The first-order chi connectivity index (χ1) is 8.69. The van der Waals surface area contributed by atoms with Gasteiger partial charge in [0, 0.05) is 28.8 Å². The fourth-order valence-corrected chi connectivity index (χ4v) is 2.18.